The lowest BCUT2D eigenvalue weighted by atomic mass is 10.2. The van der Waals surface area contributed by atoms with Gasteiger partial charge in [-0.2, -0.15) is 0 Å². The van der Waals surface area contributed by atoms with E-state index in [1.165, 1.54) is 0 Å². The van der Waals surface area contributed by atoms with Crippen molar-refractivity contribution < 1.29 is 4.74 Å². The SMILES string of the molecule is CCCCOc1cccc(NCCNc2cccc(Cl)c2C)c1. The summed E-state index contributed by atoms with van der Waals surface area (Å²) in [5.41, 5.74) is 3.24. The van der Waals surface area contributed by atoms with Gasteiger partial charge in [0.2, 0.25) is 0 Å². The first-order valence-corrected chi connectivity index (χ1v) is 8.54. The van der Waals surface area contributed by atoms with Gasteiger partial charge in [-0.1, -0.05) is 37.1 Å². The third-order valence-electron chi connectivity index (χ3n) is 3.64. The number of halogens is 1. The van der Waals surface area contributed by atoms with E-state index in [1.54, 1.807) is 0 Å². The van der Waals surface area contributed by atoms with E-state index in [2.05, 4.69) is 23.6 Å². The van der Waals surface area contributed by atoms with Crippen LogP contribution < -0.4 is 15.4 Å². The van der Waals surface area contributed by atoms with Crippen LogP contribution in [0.2, 0.25) is 5.02 Å². The number of hydrogen-bond donors (Lipinski definition) is 2. The molecule has 0 aliphatic rings. The Morgan fingerprint density at radius 3 is 2.65 bits per heavy atom. The summed E-state index contributed by atoms with van der Waals surface area (Å²) in [4.78, 5) is 0. The molecule has 2 aromatic carbocycles. The Kier molecular flexibility index (Phi) is 7.08. The zero-order valence-electron chi connectivity index (χ0n) is 13.9. The summed E-state index contributed by atoms with van der Waals surface area (Å²) < 4.78 is 5.72. The third kappa shape index (κ3) is 5.68. The molecule has 0 aromatic heterocycles. The number of anilines is 2. The first-order valence-electron chi connectivity index (χ1n) is 8.16. The molecule has 0 spiro atoms. The second kappa shape index (κ2) is 9.31. The van der Waals surface area contributed by atoms with Crippen LogP contribution in [0.1, 0.15) is 25.3 Å². The summed E-state index contributed by atoms with van der Waals surface area (Å²) >= 11 is 6.12. The molecule has 0 saturated carbocycles. The molecule has 0 atom stereocenters. The zero-order valence-corrected chi connectivity index (χ0v) is 14.6. The molecule has 0 amide bonds. The summed E-state index contributed by atoms with van der Waals surface area (Å²) in [6.45, 7) is 6.60. The van der Waals surface area contributed by atoms with E-state index in [1.807, 2.05) is 43.3 Å². The van der Waals surface area contributed by atoms with Gasteiger partial charge in [-0.3, -0.25) is 0 Å². The first kappa shape index (κ1) is 17.5. The standard InChI is InChI=1S/C19H25ClN2O/c1-3-4-13-23-17-8-5-7-16(14-17)21-11-12-22-19-10-6-9-18(20)15(19)2/h5-10,14,21-22H,3-4,11-13H2,1-2H3. The summed E-state index contributed by atoms with van der Waals surface area (Å²) in [7, 11) is 0. The summed E-state index contributed by atoms with van der Waals surface area (Å²) in [6, 6.07) is 14.0. The molecular formula is C19H25ClN2O. The highest BCUT2D eigenvalue weighted by Gasteiger charge is 2.01. The molecule has 2 aromatic rings. The van der Waals surface area contributed by atoms with Crippen molar-refractivity contribution in [3.05, 3.63) is 53.1 Å². The Bertz CT molecular complexity index is 616. The number of unbranched alkanes of at least 4 members (excludes halogenated alkanes) is 1. The Morgan fingerprint density at radius 2 is 1.83 bits per heavy atom. The number of ether oxygens (including phenoxy) is 1. The minimum Gasteiger partial charge on any atom is -0.494 e. The molecule has 0 radical (unpaired) electrons. The second-order valence-electron chi connectivity index (χ2n) is 5.50. The topological polar surface area (TPSA) is 33.3 Å². The lowest BCUT2D eigenvalue weighted by Crippen LogP contribution is -2.14. The van der Waals surface area contributed by atoms with Gasteiger partial charge >= 0.3 is 0 Å². The molecular weight excluding hydrogens is 308 g/mol. The van der Waals surface area contributed by atoms with Crippen molar-refractivity contribution in [2.75, 3.05) is 30.3 Å². The fourth-order valence-electron chi connectivity index (χ4n) is 2.23. The van der Waals surface area contributed by atoms with Crippen LogP contribution in [-0.2, 0) is 0 Å². The first-order chi connectivity index (χ1) is 11.2. The summed E-state index contributed by atoms with van der Waals surface area (Å²) in [6.07, 6.45) is 2.23. The normalized spacial score (nSPS) is 10.4. The number of hydrogen-bond acceptors (Lipinski definition) is 3. The van der Waals surface area contributed by atoms with Crippen molar-refractivity contribution in [1.29, 1.82) is 0 Å². The quantitative estimate of drug-likeness (QED) is 0.607. The molecule has 2 rings (SSSR count). The predicted molar refractivity (Wildman–Crippen MR) is 100 cm³/mol. The van der Waals surface area contributed by atoms with E-state index in [4.69, 9.17) is 16.3 Å². The molecule has 0 unspecified atom stereocenters. The maximum absolute atomic E-state index is 6.12. The maximum atomic E-state index is 6.12. The second-order valence-corrected chi connectivity index (χ2v) is 5.90. The molecule has 124 valence electrons. The lowest BCUT2D eigenvalue weighted by molar-refractivity contribution is 0.309. The van der Waals surface area contributed by atoms with E-state index in [0.717, 1.165) is 60.2 Å². The molecule has 0 saturated heterocycles. The highest BCUT2D eigenvalue weighted by molar-refractivity contribution is 6.31. The van der Waals surface area contributed by atoms with Crippen LogP contribution in [0, 0.1) is 6.92 Å². The average Bonchev–Trinajstić information content (AvgIpc) is 2.56. The van der Waals surface area contributed by atoms with Crippen LogP contribution in [-0.4, -0.2) is 19.7 Å². The van der Waals surface area contributed by atoms with Crippen LogP contribution >= 0.6 is 11.6 Å². The zero-order chi connectivity index (χ0) is 16.5. The average molecular weight is 333 g/mol. The van der Waals surface area contributed by atoms with Gasteiger partial charge in [-0.25, -0.2) is 0 Å². The molecule has 0 aliphatic carbocycles. The Labute approximate surface area is 144 Å². The van der Waals surface area contributed by atoms with E-state index >= 15 is 0 Å². The Hall–Kier alpha value is -1.87. The summed E-state index contributed by atoms with van der Waals surface area (Å²) in [5.74, 6) is 0.919. The highest BCUT2D eigenvalue weighted by Crippen LogP contribution is 2.22. The van der Waals surface area contributed by atoms with Gasteiger partial charge in [0.25, 0.3) is 0 Å². The van der Waals surface area contributed by atoms with E-state index in [9.17, 15) is 0 Å². The predicted octanol–water partition coefficient (Wildman–Crippen LogP) is 5.35. The number of rotatable bonds is 9. The fourth-order valence-corrected chi connectivity index (χ4v) is 2.41. The van der Waals surface area contributed by atoms with Gasteiger partial charge in [0.1, 0.15) is 5.75 Å². The highest BCUT2D eigenvalue weighted by atomic mass is 35.5. The molecule has 0 fully saturated rings. The van der Waals surface area contributed by atoms with Crippen LogP contribution in [0.5, 0.6) is 5.75 Å². The van der Waals surface area contributed by atoms with Crippen molar-refractivity contribution in [1.82, 2.24) is 0 Å². The smallest absolute Gasteiger partial charge is 0.121 e. The molecule has 23 heavy (non-hydrogen) atoms. The fraction of sp³-hybridized carbons (Fsp3) is 0.368. The van der Waals surface area contributed by atoms with Crippen molar-refractivity contribution >= 4 is 23.0 Å². The maximum Gasteiger partial charge on any atom is 0.121 e. The molecule has 3 nitrogen and oxygen atoms in total. The van der Waals surface area contributed by atoms with Gasteiger partial charge in [0, 0.05) is 35.6 Å². The van der Waals surface area contributed by atoms with Gasteiger partial charge in [-0.05, 0) is 43.2 Å². The summed E-state index contributed by atoms with van der Waals surface area (Å²) in [5, 5.41) is 7.60. The largest absolute Gasteiger partial charge is 0.494 e. The van der Waals surface area contributed by atoms with Crippen molar-refractivity contribution in [2.45, 2.75) is 26.7 Å². The lowest BCUT2D eigenvalue weighted by Gasteiger charge is -2.12. The molecule has 0 heterocycles. The monoisotopic (exact) mass is 332 g/mol. The number of nitrogens with one attached hydrogen (secondary N) is 2. The van der Waals surface area contributed by atoms with E-state index in [-0.39, 0.29) is 0 Å². The van der Waals surface area contributed by atoms with Crippen LogP contribution in [0.25, 0.3) is 0 Å². The van der Waals surface area contributed by atoms with E-state index < -0.39 is 0 Å². The van der Waals surface area contributed by atoms with Gasteiger partial charge in [0.05, 0.1) is 6.61 Å². The molecule has 0 aliphatic heterocycles. The van der Waals surface area contributed by atoms with Crippen LogP contribution in [0.3, 0.4) is 0 Å². The minimum atomic E-state index is 0.773. The van der Waals surface area contributed by atoms with Crippen molar-refractivity contribution in [3.63, 3.8) is 0 Å². The number of benzene rings is 2. The molecule has 4 heteroatoms. The Balaban J connectivity index is 1.77. The molecule has 0 bridgehead atoms. The Morgan fingerprint density at radius 1 is 1.04 bits per heavy atom. The molecule has 2 N–H and O–H groups in total. The van der Waals surface area contributed by atoms with Gasteiger partial charge in [0.15, 0.2) is 0 Å². The van der Waals surface area contributed by atoms with Crippen molar-refractivity contribution in [2.24, 2.45) is 0 Å². The van der Waals surface area contributed by atoms with Crippen LogP contribution in [0.15, 0.2) is 42.5 Å². The van der Waals surface area contributed by atoms with E-state index in [0.29, 0.717) is 0 Å². The van der Waals surface area contributed by atoms with Crippen LogP contribution in [0.4, 0.5) is 11.4 Å². The van der Waals surface area contributed by atoms with Gasteiger partial charge in [-0.15, -0.1) is 0 Å². The van der Waals surface area contributed by atoms with Crippen molar-refractivity contribution in [3.8, 4) is 5.75 Å². The van der Waals surface area contributed by atoms with Gasteiger partial charge < -0.3 is 15.4 Å². The third-order valence-corrected chi connectivity index (χ3v) is 4.05. The minimum absolute atomic E-state index is 0.773.